The molecular weight excluding hydrogens is 568 g/mol. The fraction of sp³-hybridized carbons (Fsp3) is 0.414. The fourth-order valence-corrected chi connectivity index (χ4v) is 9.94. The first-order valence-electron chi connectivity index (χ1n) is 12.7. The molecule has 2 bridgehead atoms. The van der Waals surface area contributed by atoms with Crippen LogP contribution in [0.15, 0.2) is 67.8 Å². The van der Waals surface area contributed by atoms with Crippen molar-refractivity contribution in [1.29, 1.82) is 0 Å². The largest absolute Gasteiger partial charge is 0.461 e. The molecule has 0 radical (unpaired) electrons. The Morgan fingerprint density at radius 2 is 2.00 bits per heavy atom. The van der Waals surface area contributed by atoms with Crippen molar-refractivity contribution >= 4 is 61.9 Å². The van der Waals surface area contributed by atoms with Crippen LogP contribution in [0.5, 0.6) is 0 Å². The second-order valence-electron chi connectivity index (χ2n) is 10.1. The molecule has 0 aromatic heterocycles. The Morgan fingerprint density at radius 1 is 1.26 bits per heavy atom. The fourth-order valence-electron chi connectivity index (χ4n) is 6.36. The van der Waals surface area contributed by atoms with Gasteiger partial charge < -0.3 is 19.6 Å². The molecule has 200 valence electrons. The van der Waals surface area contributed by atoms with E-state index < -0.39 is 34.6 Å². The highest BCUT2D eigenvalue weighted by Gasteiger charge is 2.76. The third-order valence-electron chi connectivity index (χ3n) is 7.94. The van der Waals surface area contributed by atoms with E-state index in [1.807, 2.05) is 42.5 Å². The minimum absolute atomic E-state index is 0.0573. The number of anilines is 1. The highest BCUT2D eigenvalue weighted by atomic mass is 79.9. The van der Waals surface area contributed by atoms with Gasteiger partial charge >= 0.3 is 5.97 Å². The van der Waals surface area contributed by atoms with Gasteiger partial charge in [0.1, 0.15) is 12.6 Å². The first-order valence-corrected chi connectivity index (χ1v) is 14.5. The summed E-state index contributed by atoms with van der Waals surface area (Å²) in [6, 6.07) is 12.3. The van der Waals surface area contributed by atoms with Crippen LogP contribution in [0.2, 0.25) is 0 Å². The van der Waals surface area contributed by atoms with Crippen molar-refractivity contribution in [3.8, 4) is 0 Å². The van der Waals surface area contributed by atoms with E-state index in [1.54, 1.807) is 29.7 Å². The van der Waals surface area contributed by atoms with Crippen molar-refractivity contribution in [3.05, 3.63) is 67.8 Å². The van der Waals surface area contributed by atoms with Crippen molar-refractivity contribution < 1.29 is 24.2 Å². The number of amides is 2. The standard InChI is InChI=1S/C29H31BrN2O5S/c1-4-12-31(20-11-10-18-8-6-7-9-19(18)14-20)27(35)25-29-15-21(30)24(38-29)22(28(36)37-13-5-2)23(29)26(34)32(25)17(3)16-33/h4-11,14,17,21-25,33H,1-2,12-13,15-16H2,3H3/t17-,21?,22+,23+,24+,25?,29?/m1/s1. The van der Waals surface area contributed by atoms with E-state index in [0.717, 1.165) is 10.8 Å². The molecule has 38 heavy (non-hydrogen) atoms. The van der Waals surface area contributed by atoms with E-state index in [2.05, 4.69) is 29.1 Å². The van der Waals surface area contributed by atoms with Crippen LogP contribution in [-0.2, 0) is 19.1 Å². The summed E-state index contributed by atoms with van der Waals surface area (Å²) in [5.41, 5.74) is 0.701. The van der Waals surface area contributed by atoms with Crippen molar-refractivity contribution in [1.82, 2.24) is 4.90 Å². The molecule has 3 aliphatic rings. The molecule has 3 unspecified atom stereocenters. The second-order valence-corrected chi connectivity index (χ2v) is 12.8. The lowest BCUT2D eigenvalue weighted by Gasteiger charge is -2.39. The third kappa shape index (κ3) is 4.10. The van der Waals surface area contributed by atoms with Crippen molar-refractivity contribution in [2.24, 2.45) is 11.8 Å². The molecule has 7 atom stereocenters. The van der Waals surface area contributed by atoms with Gasteiger partial charge in [0, 0.05) is 22.3 Å². The molecule has 3 fully saturated rings. The Balaban J connectivity index is 1.59. The predicted molar refractivity (Wildman–Crippen MR) is 153 cm³/mol. The maximum Gasteiger partial charge on any atom is 0.311 e. The Hall–Kier alpha value is -2.62. The number of aliphatic hydroxyl groups is 1. The van der Waals surface area contributed by atoms with Crippen LogP contribution < -0.4 is 4.90 Å². The average molecular weight is 600 g/mol. The minimum Gasteiger partial charge on any atom is -0.461 e. The van der Waals surface area contributed by atoms with Crippen LogP contribution >= 0.6 is 27.7 Å². The molecule has 3 aliphatic heterocycles. The number of nitrogens with zero attached hydrogens (tertiary/aromatic N) is 2. The molecule has 1 N–H and O–H groups in total. The normalized spacial score (nSPS) is 30.2. The van der Waals surface area contributed by atoms with E-state index in [-0.39, 0.29) is 41.6 Å². The van der Waals surface area contributed by atoms with Gasteiger partial charge in [0.15, 0.2) is 0 Å². The van der Waals surface area contributed by atoms with Gasteiger partial charge in [-0.3, -0.25) is 14.4 Å². The number of aliphatic hydroxyl groups excluding tert-OH is 1. The summed E-state index contributed by atoms with van der Waals surface area (Å²) in [5.74, 6) is -2.38. The third-order valence-corrected chi connectivity index (χ3v) is 11.2. The Kier molecular flexibility index (Phi) is 7.46. The quantitative estimate of drug-likeness (QED) is 0.267. The number of hydrogen-bond donors (Lipinski definition) is 1. The smallest absolute Gasteiger partial charge is 0.311 e. The molecule has 2 aromatic carbocycles. The van der Waals surface area contributed by atoms with Crippen LogP contribution in [0.3, 0.4) is 0 Å². The number of benzene rings is 2. The lowest BCUT2D eigenvalue weighted by Crippen LogP contribution is -2.57. The van der Waals surface area contributed by atoms with Crippen molar-refractivity contribution in [2.45, 2.75) is 40.3 Å². The number of likely N-dealkylation sites (tertiary alicyclic amines) is 1. The van der Waals surface area contributed by atoms with Crippen LogP contribution in [0.25, 0.3) is 10.8 Å². The molecule has 5 rings (SSSR count). The van der Waals surface area contributed by atoms with E-state index in [1.165, 1.54) is 11.0 Å². The summed E-state index contributed by atoms with van der Waals surface area (Å²) < 4.78 is 4.59. The zero-order valence-electron chi connectivity index (χ0n) is 21.2. The first kappa shape index (κ1) is 27.0. The number of fused-ring (bicyclic) bond motifs is 2. The second kappa shape index (κ2) is 10.5. The maximum absolute atomic E-state index is 14.6. The van der Waals surface area contributed by atoms with E-state index in [9.17, 15) is 19.5 Å². The number of carbonyl (C=O) groups is 3. The van der Waals surface area contributed by atoms with Crippen LogP contribution in [-0.4, -0.2) is 74.5 Å². The summed E-state index contributed by atoms with van der Waals surface area (Å²) in [7, 11) is 0. The molecule has 2 amide bonds. The lowest BCUT2D eigenvalue weighted by molar-refractivity contribution is -0.153. The number of thioether (sulfide) groups is 1. The van der Waals surface area contributed by atoms with Crippen molar-refractivity contribution in [3.63, 3.8) is 0 Å². The van der Waals surface area contributed by atoms with Gasteiger partial charge in [-0.05, 0) is 36.2 Å². The highest BCUT2D eigenvalue weighted by Crippen LogP contribution is 2.68. The first-order chi connectivity index (χ1) is 18.3. The van der Waals surface area contributed by atoms with Gasteiger partial charge in [0.05, 0.1) is 29.2 Å². The van der Waals surface area contributed by atoms with Gasteiger partial charge in [0.25, 0.3) is 5.91 Å². The lowest BCUT2D eigenvalue weighted by atomic mass is 9.71. The Bertz CT molecular complexity index is 1300. The molecule has 2 aromatic rings. The van der Waals surface area contributed by atoms with Gasteiger partial charge in [0.2, 0.25) is 5.91 Å². The molecule has 3 saturated heterocycles. The van der Waals surface area contributed by atoms with Gasteiger partial charge in [-0.1, -0.05) is 65.0 Å². The SMILES string of the molecule is C=CCOC(=O)[C@H]1[C@H]2C(=O)N([C@H](C)CO)C(C(=O)N(CC=C)c3ccc4ccccc4c3)C23CC(Br)[C@@H]1S3. The van der Waals surface area contributed by atoms with Gasteiger partial charge in [-0.25, -0.2) is 0 Å². The zero-order chi connectivity index (χ0) is 27.2. The molecule has 0 saturated carbocycles. The number of alkyl halides is 1. The predicted octanol–water partition coefficient (Wildman–Crippen LogP) is 3.93. The summed E-state index contributed by atoms with van der Waals surface area (Å²) >= 11 is 5.29. The Morgan fingerprint density at radius 3 is 2.68 bits per heavy atom. The number of hydrogen-bond acceptors (Lipinski definition) is 6. The molecule has 1 spiro atoms. The topological polar surface area (TPSA) is 87.1 Å². The number of halogens is 1. The number of esters is 1. The zero-order valence-corrected chi connectivity index (χ0v) is 23.6. The van der Waals surface area contributed by atoms with Gasteiger partial charge in [-0.2, -0.15) is 0 Å². The van der Waals surface area contributed by atoms with Crippen LogP contribution in [0.4, 0.5) is 5.69 Å². The summed E-state index contributed by atoms with van der Waals surface area (Å²) in [5, 5.41) is 12.0. The average Bonchev–Trinajstić information content (AvgIpc) is 3.52. The highest BCUT2D eigenvalue weighted by molar-refractivity contribution is 9.09. The molecule has 3 heterocycles. The summed E-state index contributed by atoms with van der Waals surface area (Å²) in [4.78, 5) is 44.9. The van der Waals surface area contributed by atoms with E-state index >= 15 is 0 Å². The number of ether oxygens (including phenoxy) is 1. The van der Waals surface area contributed by atoms with Gasteiger partial charge in [-0.15, -0.1) is 18.3 Å². The van der Waals surface area contributed by atoms with E-state index in [0.29, 0.717) is 12.1 Å². The van der Waals surface area contributed by atoms with Crippen LogP contribution in [0.1, 0.15) is 13.3 Å². The minimum atomic E-state index is -0.860. The Labute approximate surface area is 235 Å². The summed E-state index contributed by atoms with van der Waals surface area (Å²) in [6.45, 7) is 9.23. The van der Waals surface area contributed by atoms with Crippen molar-refractivity contribution in [2.75, 3.05) is 24.7 Å². The monoisotopic (exact) mass is 598 g/mol. The molecule has 0 aliphatic carbocycles. The molecular formula is C29H31BrN2O5S. The molecule has 9 heteroatoms. The molecule has 7 nitrogen and oxygen atoms in total. The maximum atomic E-state index is 14.6. The number of carbonyl (C=O) groups excluding carboxylic acids is 3. The number of rotatable bonds is 9. The van der Waals surface area contributed by atoms with E-state index in [4.69, 9.17) is 4.74 Å². The summed E-state index contributed by atoms with van der Waals surface area (Å²) in [6.07, 6.45) is 3.72. The van der Waals surface area contributed by atoms with Crippen LogP contribution in [0, 0.1) is 11.8 Å².